The Kier molecular flexibility index (Phi) is 7.48. The van der Waals surface area contributed by atoms with Crippen LogP contribution in [-0.4, -0.2) is 25.7 Å². The number of hydrogen-bond donors (Lipinski definition) is 1. The van der Waals surface area contributed by atoms with Gasteiger partial charge in [0.05, 0.1) is 13.5 Å². The Bertz CT molecular complexity index is 157. The molecule has 0 rings (SSSR count). The molecule has 0 aliphatic carbocycles. The van der Waals surface area contributed by atoms with Crippen LogP contribution in [0.15, 0.2) is 0 Å². The van der Waals surface area contributed by atoms with Crippen molar-refractivity contribution in [3.63, 3.8) is 0 Å². The molecule has 3 nitrogen and oxygen atoms in total. The van der Waals surface area contributed by atoms with Crippen LogP contribution >= 0.6 is 0 Å². The van der Waals surface area contributed by atoms with Gasteiger partial charge in [-0.05, 0) is 25.7 Å². The number of methoxy groups -OCH3 is 1. The van der Waals surface area contributed by atoms with Crippen molar-refractivity contribution in [1.82, 2.24) is 5.32 Å². The van der Waals surface area contributed by atoms with E-state index in [1.54, 1.807) is 0 Å². The number of esters is 1. The number of carbonyl (C=O) groups excluding carboxylic acids is 1. The summed E-state index contributed by atoms with van der Waals surface area (Å²) < 4.78 is 4.55. The SMILES string of the molecule is COC(=O)CCNC(C)CCC(C)C. The zero-order valence-corrected chi connectivity index (χ0v) is 9.80. The van der Waals surface area contributed by atoms with Gasteiger partial charge in [0.25, 0.3) is 0 Å². The molecule has 0 aromatic carbocycles. The number of rotatable bonds is 7. The molecule has 0 amide bonds. The number of hydrogen-bond acceptors (Lipinski definition) is 3. The zero-order chi connectivity index (χ0) is 11.0. The van der Waals surface area contributed by atoms with E-state index in [9.17, 15) is 4.79 Å². The van der Waals surface area contributed by atoms with Crippen molar-refractivity contribution in [1.29, 1.82) is 0 Å². The van der Waals surface area contributed by atoms with E-state index in [1.165, 1.54) is 20.0 Å². The topological polar surface area (TPSA) is 38.3 Å². The summed E-state index contributed by atoms with van der Waals surface area (Å²) in [5.74, 6) is 0.605. The van der Waals surface area contributed by atoms with Gasteiger partial charge >= 0.3 is 5.97 Å². The van der Waals surface area contributed by atoms with Crippen LogP contribution in [0.5, 0.6) is 0 Å². The lowest BCUT2D eigenvalue weighted by Gasteiger charge is -2.14. The van der Waals surface area contributed by atoms with Gasteiger partial charge in [-0.25, -0.2) is 0 Å². The third-order valence-electron chi connectivity index (χ3n) is 2.23. The van der Waals surface area contributed by atoms with Gasteiger partial charge in [0.1, 0.15) is 0 Å². The van der Waals surface area contributed by atoms with Crippen molar-refractivity contribution in [2.75, 3.05) is 13.7 Å². The summed E-state index contributed by atoms with van der Waals surface area (Å²) in [5, 5.41) is 3.30. The third kappa shape index (κ3) is 8.05. The molecule has 1 unspecified atom stereocenters. The van der Waals surface area contributed by atoms with Crippen molar-refractivity contribution in [2.45, 2.75) is 46.1 Å². The normalized spacial score (nSPS) is 12.9. The van der Waals surface area contributed by atoms with Gasteiger partial charge in [-0.3, -0.25) is 4.79 Å². The fourth-order valence-electron chi connectivity index (χ4n) is 1.21. The molecule has 0 aromatic rings. The second-order valence-corrected chi connectivity index (χ2v) is 4.15. The summed E-state index contributed by atoms with van der Waals surface area (Å²) in [5.41, 5.74) is 0. The van der Waals surface area contributed by atoms with E-state index in [1.807, 2.05) is 0 Å². The van der Waals surface area contributed by atoms with E-state index in [2.05, 4.69) is 30.8 Å². The highest BCUT2D eigenvalue weighted by Crippen LogP contribution is 2.06. The van der Waals surface area contributed by atoms with Crippen LogP contribution in [-0.2, 0) is 9.53 Å². The van der Waals surface area contributed by atoms with Crippen molar-refractivity contribution >= 4 is 5.97 Å². The maximum Gasteiger partial charge on any atom is 0.306 e. The van der Waals surface area contributed by atoms with Crippen LogP contribution in [0, 0.1) is 5.92 Å². The van der Waals surface area contributed by atoms with Crippen molar-refractivity contribution in [2.24, 2.45) is 5.92 Å². The summed E-state index contributed by atoms with van der Waals surface area (Å²) >= 11 is 0. The predicted molar refractivity (Wildman–Crippen MR) is 58.2 cm³/mol. The zero-order valence-electron chi connectivity index (χ0n) is 9.80. The van der Waals surface area contributed by atoms with Crippen LogP contribution in [0.25, 0.3) is 0 Å². The quantitative estimate of drug-likeness (QED) is 0.640. The monoisotopic (exact) mass is 201 g/mol. The van der Waals surface area contributed by atoms with E-state index in [0.717, 1.165) is 5.92 Å². The molecule has 14 heavy (non-hydrogen) atoms. The largest absolute Gasteiger partial charge is 0.469 e. The van der Waals surface area contributed by atoms with Crippen molar-refractivity contribution < 1.29 is 9.53 Å². The van der Waals surface area contributed by atoms with Crippen LogP contribution in [0.1, 0.15) is 40.0 Å². The Morgan fingerprint density at radius 2 is 1.93 bits per heavy atom. The van der Waals surface area contributed by atoms with Gasteiger partial charge in [0, 0.05) is 12.6 Å². The van der Waals surface area contributed by atoms with E-state index in [4.69, 9.17) is 0 Å². The molecule has 1 atom stereocenters. The fourth-order valence-corrected chi connectivity index (χ4v) is 1.21. The number of nitrogens with one attached hydrogen (secondary N) is 1. The molecule has 3 heteroatoms. The Morgan fingerprint density at radius 1 is 1.29 bits per heavy atom. The highest BCUT2D eigenvalue weighted by molar-refractivity contribution is 5.69. The smallest absolute Gasteiger partial charge is 0.306 e. The average molecular weight is 201 g/mol. The molecular weight excluding hydrogens is 178 g/mol. The van der Waals surface area contributed by atoms with Gasteiger partial charge in [-0.2, -0.15) is 0 Å². The summed E-state index contributed by atoms with van der Waals surface area (Å²) in [6.45, 7) is 7.31. The Morgan fingerprint density at radius 3 is 2.43 bits per heavy atom. The molecule has 84 valence electrons. The first kappa shape index (κ1) is 13.4. The molecule has 0 fully saturated rings. The standard InChI is InChI=1S/C11H23NO2/c1-9(2)5-6-10(3)12-8-7-11(13)14-4/h9-10,12H,5-8H2,1-4H3. The second-order valence-electron chi connectivity index (χ2n) is 4.15. The summed E-state index contributed by atoms with van der Waals surface area (Å²) in [6, 6.07) is 0.488. The average Bonchev–Trinajstić information content (AvgIpc) is 2.14. The Balaban J connectivity index is 3.35. The van der Waals surface area contributed by atoms with Crippen molar-refractivity contribution in [3.8, 4) is 0 Å². The first-order valence-corrected chi connectivity index (χ1v) is 5.36. The summed E-state index contributed by atoms with van der Waals surface area (Å²) in [7, 11) is 1.42. The van der Waals surface area contributed by atoms with Gasteiger partial charge < -0.3 is 10.1 Å². The molecule has 0 heterocycles. The third-order valence-corrected chi connectivity index (χ3v) is 2.23. The minimum atomic E-state index is -0.145. The maximum absolute atomic E-state index is 10.8. The highest BCUT2D eigenvalue weighted by atomic mass is 16.5. The fraction of sp³-hybridized carbons (Fsp3) is 0.909. The van der Waals surface area contributed by atoms with Gasteiger partial charge in [-0.15, -0.1) is 0 Å². The summed E-state index contributed by atoms with van der Waals surface area (Å²) in [6.07, 6.45) is 2.85. The molecule has 0 bridgehead atoms. The lowest BCUT2D eigenvalue weighted by atomic mass is 10.0. The Hall–Kier alpha value is -0.570. The molecule has 0 aliphatic rings. The molecule has 1 N–H and O–H groups in total. The molecule has 0 aromatic heterocycles. The van der Waals surface area contributed by atoms with Crippen LogP contribution < -0.4 is 5.32 Å². The Labute approximate surface area is 87.2 Å². The first-order chi connectivity index (χ1) is 6.56. The van der Waals surface area contributed by atoms with Gasteiger partial charge in [0.2, 0.25) is 0 Å². The highest BCUT2D eigenvalue weighted by Gasteiger charge is 2.04. The minimum absolute atomic E-state index is 0.145. The number of carbonyl (C=O) groups is 1. The predicted octanol–water partition coefficient (Wildman–Crippen LogP) is 1.96. The lowest BCUT2D eigenvalue weighted by Crippen LogP contribution is -2.28. The van der Waals surface area contributed by atoms with Crippen LogP contribution in [0.3, 0.4) is 0 Å². The van der Waals surface area contributed by atoms with Crippen molar-refractivity contribution in [3.05, 3.63) is 0 Å². The molecule has 0 aliphatic heterocycles. The first-order valence-electron chi connectivity index (χ1n) is 5.36. The molecule has 0 spiro atoms. The molecule has 0 saturated heterocycles. The minimum Gasteiger partial charge on any atom is -0.469 e. The lowest BCUT2D eigenvalue weighted by molar-refractivity contribution is -0.140. The van der Waals surface area contributed by atoms with E-state index >= 15 is 0 Å². The van der Waals surface area contributed by atoms with E-state index in [-0.39, 0.29) is 5.97 Å². The van der Waals surface area contributed by atoms with Gasteiger partial charge in [0.15, 0.2) is 0 Å². The van der Waals surface area contributed by atoms with E-state index in [0.29, 0.717) is 19.0 Å². The second kappa shape index (κ2) is 7.80. The molecule has 0 saturated carbocycles. The summed E-state index contributed by atoms with van der Waals surface area (Å²) in [4.78, 5) is 10.8. The number of ether oxygens (including phenoxy) is 1. The van der Waals surface area contributed by atoms with Gasteiger partial charge in [-0.1, -0.05) is 13.8 Å². The maximum atomic E-state index is 10.8. The van der Waals surface area contributed by atoms with Crippen LogP contribution in [0.4, 0.5) is 0 Å². The molecular formula is C11H23NO2. The van der Waals surface area contributed by atoms with E-state index < -0.39 is 0 Å². The van der Waals surface area contributed by atoms with Crippen LogP contribution in [0.2, 0.25) is 0 Å². The molecule has 0 radical (unpaired) electrons.